The van der Waals surface area contributed by atoms with Crippen LogP contribution in [0.3, 0.4) is 0 Å². The molecule has 2 aromatic carbocycles. The maximum atomic E-state index is 13.4. The van der Waals surface area contributed by atoms with Gasteiger partial charge in [-0.05, 0) is 48.9 Å². The lowest BCUT2D eigenvalue weighted by Gasteiger charge is -2.28. The number of amides is 1. The van der Waals surface area contributed by atoms with Gasteiger partial charge in [0, 0.05) is 11.4 Å². The lowest BCUT2D eigenvalue weighted by atomic mass is 9.95. The quantitative estimate of drug-likeness (QED) is 0.727. The van der Waals surface area contributed by atoms with Gasteiger partial charge in [0.1, 0.15) is 23.9 Å². The summed E-state index contributed by atoms with van der Waals surface area (Å²) in [6, 6.07) is 12.5. The second-order valence-corrected chi connectivity index (χ2v) is 6.33. The Labute approximate surface area is 160 Å². The SMILES string of the molecule is COc1ccc(NC(=O)C2=C(C)Nc3ncnn3[C@H]2c2ccc(F)cc2)cc1. The predicted octanol–water partition coefficient (Wildman–Crippen LogP) is 3.35. The summed E-state index contributed by atoms with van der Waals surface area (Å²) in [5, 5.41) is 10.3. The number of methoxy groups -OCH3 is 1. The molecule has 2 N–H and O–H groups in total. The minimum absolute atomic E-state index is 0.286. The van der Waals surface area contributed by atoms with E-state index in [-0.39, 0.29) is 11.7 Å². The van der Waals surface area contributed by atoms with Crippen LogP contribution in [0.2, 0.25) is 0 Å². The first kappa shape index (κ1) is 17.7. The normalized spacial score (nSPS) is 15.6. The van der Waals surface area contributed by atoms with Gasteiger partial charge in [-0.2, -0.15) is 10.1 Å². The summed E-state index contributed by atoms with van der Waals surface area (Å²) in [6.07, 6.45) is 1.41. The smallest absolute Gasteiger partial charge is 0.255 e. The second kappa shape index (κ2) is 7.15. The first-order valence-electron chi connectivity index (χ1n) is 8.65. The molecule has 1 amide bonds. The van der Waals surface area contributed by atoms with E-state index < -0.39 is 6.04 Å². The minimum atomic E-state index is -0.530. The summed E-state index contributed by atoms with van der Waals surface area (Å²) in [6.45, 7) is 1.80. The van der Waals surface area contributed by atoms with Gasteiger partial charge < -0.3 is 15.4 Å². The Morgan fingerprint density at radius 1 is 1.18 bits per heavy atom. The number of halogens is 1. The van der Waals surface area contributed by atoms with E-state index in [1.807, 2.05) is 0 Å². The molecule has 2 heterocycles. The minimum Gasteiger partial charge on any atom is -0.497 e. The molecule has 1 aliphatic rings. The van der Waals surface area contributed by atoms with E-state index in [4.69, 9.17) is 4.74 Å². The number of carbonyl (C=O) groups excluding carboxylic acids is 1. The third kappa shape index (κ3) is 3.20. The van der Waals surface area contributed by atoms with Crippen molar-refractivity contribution in [2.24, 2.45) is 0 Å². The van der Waals surface area contributed by atoms with Gasteiger partial charge >= 0.3 is 0 Å². The van der Waals surface area contributed by atoms with Crippen molar-refractivity contribution in [1.82, 2.24) is 14.8 Å². The van der Waals surface area contributed by atoms with Gasteiger partial charge in [-0.15, -0.1) is 0 Å². The molecule has 1 aliphatic heterocycles. The maximum Gasteiger partial charge on any atom is 0.255 e. The highest BCUT2D eigenvalue weighted by molar-refractivity contribution is 6.06. The van der Waals surface area contributed by atoms with Crippen molar-refractivity contribution in [3.8, 4) is 5.75 Å². The topological polar surface area (TPSA) is 81.1 Å². The number of carbonyl (C=O) groups is 1. The van der Waals surface area contributed by atoms with Crippen LogP contribution in [0.5, 0.6) is 5.75 Å². The van der Waals surface area contributed by atoms with Crippen LogP contribution in [-0.2, 0) is 4.79 Å². The average Bonchev–Trinajstić information content (AvgIpc) is 3.16. The second-order valence-electron chi connectivity index (χ2n) is 6.33. The molecule has 4 rings (SSSR count). The number of fused-ring (bicyclic) bond motifs is 1. The molecule has 3 aromatic rings. The number of hydrogen-bond acceptors (Lipinski definition) is 5. The first-order valence-corrected chi connectivity index (χ1v) is 8.65. The molecular weight excluding hydrogens is 361 g/mol. The van der Waals surface area contributed by atoms with E-state index in [1.165, 1.54) is 18.5 Å². The summed E-state index contributed by atoms with van der Waals surface area (Å²) >= 11 is 0. The summed E-state index contributed by atoms with van der Waals surface area (Å²) in [4.78, 5) is 17.3. The molecule has 1 aromatic heterocycles. The Morgan fingerprint density at radius 2 is 1.89 bits per heavy atom. The zero-order valence-electron chi connectivity index (χ0n) is 15.3. The molecule has 1 atom stereocenters. The fourth-order valence-corrected chi connectivity index (χ4v) is 3.21. The summed E-state index contributed by atoms with van der Waals surface area (Å²) < 4.78 is 20.2. The van der Waals surface area contributed by atoms with Crippen LogP contribution in [0, 0.1) is 5.82 Å². The van der Waals surface area contributed by atoms with E-state index in [0.29, 0.717) is 28.7 Å². The molecule has 0 saturated heterocycles. The third-order valence-electron chi connectivity index (χ3n) is 4.57. The molecule has 28 heavy (non-hydrogen) atoms. The van der Waals surface area contributed by atoms with Crippen LogP contribution in [0.15, 0.2) is 66.1 Å². The number of rotatable bonds is 4. The van der Waals surface area contributed by atoms with Crippen molar-refractivity contribution in [3.05, 3.63) is 77.5 Å². The number of ether oxygens (including phenoxy) is 1. The number of allylic oxidation sites excluding steroid dienone is 1. The highest BCUT2D eigenvalue weighted by Crippen LogP contribution is 2.35. The molecule has 0 aliphatic carbocycles. The Hall–Kier alpha value is -3.68. The molecule has 0 saturated carbocycles. The van der Waals surface area contributed by atoms with Gasteiger partial charge in [0.25, 0.3) is 5.91 Å². The largest absolute Gasteiger partial charge is 0.497 e. The van der Waals surface area contributed by atoms with E-state index in [1.54, 1.807) is 55.1 Å². The van der Waals surface area contributed by atoms with Crippen LogP contribution in [0.25, 0.3) is 0 Å². The standard InChI is InChI=1S/C20H18FN5O2/c1-12-17(19(27)25-15-7-9-16(28-2)10-8-15)18(13-3-5-14(21)6-4-13)26-20(24-12)22-11-23-26/h3-11,18H,1-2H3,(H,25,27)(H,22,23,24)/t18-/m0/s1. The van der Waals surface area contributed by atoms with Crippen LogP contribution < -0.4 is 15.4 Å². The first-order chi connectivity index (χ1) is 13.6. The summed E-state index contributed by atoms with van der Waals surface area (Å²) in [5.41, 5.74) is 2.49. The molecular formula is C20H18FN5O2. The number of nitrogens with one attached hydrogen (secondary N) is 2. The van der Waals surface area contributed by atoms with Crippen molar-refractivity contribution in [3.63, 3.8) is 0 Å². The van der Waals surface area contributed by atoms with Crippen molar-refractivity contribution >= 4 is 17.5 Å². The predicted molar refractivity (Wildman–Crippen MR) is 103 cm³/mol. The zero-order chi connectivity index (χ0) is 19.7. The molecule has 0 unspecified atom stereocenters. The van der Waals surface area contributed by atoms with Gasteiger partial charge in [-0.25, -0.2) is 9.07 Å². The van der Waals surface area contributed by atoms with Gasteiger partial charge in [0.15, 0.2) is 0 Å². The van der Waals surface area contributed by atoms with Gasteiger partial charge in [0.2, 0.25) is 5.95 Å². The van der Waals surface area contributed by atoms with Crippen LogP contribution in [-0.4, -0.2) is 27.8 Å². The highest BCUT2D eigenvalue weighted by Gasteiger charge is 2.33. The molecule has 0 bridgehead atoms. The van der Waals surface area contributed by atoms with E-state index >= 15 is 0 Å². The number of anilines is 2. The van der Waals surface area contributed by atoms with Crippen LogP contribution >= 0.6 is 0 Å². The number of hydrogen-bond donors (Lipinski definition) is 2. The van der Waals surface area contributed by atoms with Gasteiger partial charge in [-0.1, -0.05) is 12.1 Å². The Morgan fingerprint density at radius 3 is 2.57 bits per heavy atom. The van der Waals surface area contributed by atoms with E-state index in [0.717, 1.165) is 5.56 Å². The zero-order valence-corrected chi connectivity index (χ0v) is 15.3. The van der Waals surface area contributed by atoms with Crippen molar-refractivity contribution in [2.45, 2.75) is 13.0 Å². The summed E-state index contributed by atoms with van der Waals surface area (Å²) in [7, 11) is 1.58. The fraction of sp³-hybridized carbons (Fsp3) is 0.150. The Bertz CT molecular complexity index is 1040. The number of nitrogens with zero attached hydrogens (tertiary/aromatic N) is 3. The van der Waals surface area contributed by atoms with Crippen molar-refractivity contribution < 1.29 is 13.9 Å². The average molecular weight is 379 g/mol. The number of benzene rings is 2. The molecule has 0 radical (unpaired) electrons. The van der Waals surface area contributed by atoms with Gasteiger partial charge in [0.05, 0.1) is 12.7 Å². The maximum absolute atomic E-state index is 13.4. The molecule has 0 spiro atoms. The molecule has 8 heteroatoms. The Kier molecular flexibility index (Phi) is 4.52. The lowest BCUT2D eigenvalue weighted by molar-refractivity contribution is -0.113. The van der Waals surface area contributed by atoms with E-state index in [2.05, 4.69) is 20.7 Å². The monoisotopic (exact) mass is 379 g/mol. The summed E-state index contributed by atoms with van der Waals surface area (Å²) in [5.74, 6) is 0.587. The Balaban J connectivity index is 1.71. The van der Waals surface area contributed by atoms with Crippen LogP contribution in [0.1, 0.15) is 18.5 Å². The number of aromatic nitrogens is 3. The molecule has 0 fully saturated rings. The third-order valence-corrected chi connectivity index (χ3v) is 4.57. The van der Waals surface area contributed by atoms with E-state index in [9.17, 15) is 9.18 Å². The molecule has 142 valence electrons. The highest BCUT2D eigenvalue weighted by atomic mass is 19.1. The van der Waals surface area contributed by atoms with Gasteiger partial charge in [-0.3, -0.25) is 4.79 Å². The van der Waals surface area contributed by atoms with Crippen molar-refractivity contribution in [2.75, 3.05) is 17.7 Å². The van der Waals surface area contributed by atoms with Crippen molar-refractivity contribution in [1.29, 1.82) is 0 Å². The molecule has 7 nitrogen and oxygen atoms in total. The fourth-order valence-electron chi connectivity index (χ4n) is 3.21. The van der Waals surface area contributed by atoms with Crippen LogP contribution in [0.4, 0.5) is 16.0 Å². The lowest BCUT2D eigenvalue weighted by Crippen LogP contribution is -2.31.